The summed E-state index contributed by atoms with van der Waals surface area (Å²) in [4.78, 5) is 16.1. The van der Waals surface area contributed by atoms with E-state index in [-0.39, 0.29) is 12.7 Å². The zero-order valence-electron chi connectivity index (χ0n) is 10.4. The monoisotopic (exact) mass is 334 g/mol. The van der Waals surface area contributed by atoms with Crippen molar-refractivity contribution in [3.05, 3.63) is 52.3 Å². The standard InChI is InChI=1S/C14H11BrN2O3/c15-10-4-2-6-16-12(10)14(18)17-7-9-3-1-5-11-13(9)20-8-19-11/h1-6H,7-8H2,(H,17,18). The topological polar surface area (TPSA) is 60.5 Å². The Hall–Kier alpha value is -2.08. The van der Waals surface area contributed by atoms with Gasteiger partial charge in [0.2, 0.25) is 6.79 Å². The largest absolute Gasteiger partial charge is 0.454 e. The van der Waals surface area contributed by atoms with Gasteiger partial charge in [-0.3, -0.25) is 4.79 Å². The number of benzene rings is 1. The molecule has 0 saturated heterocycles. The normalized spacial score (nSPS) is 12.2. The summed E-state index contributed by atoms with van der Waals surface area (Å²) in [5.41, 5.74) is 1.23. The molecular weight excluding hydrogens is 324 g/mol. The van der Waals surface area contributed by atoms with Gasteiger partial charge in [0.1, 0.15) is 5.69 Å². The molecule has 1 N–H and O–H groups in total. The van der Waals surface area contributed by atoms with E-state index in [0.29, 0.717) is 28.2 Å². The molecule has 2 heterocycles. The number of carbonyl (C=O) groups is 1. The zero-order chi connectivity index (χ0) is 13.9. The number of fused-ring (bicyclic) bond motifs is 1. The molecule has 0 spiro atoms. The highest BCUT2D eigenvalue weighted by atomic mass is 79.9. The molecule has 0 atom stereocenters. The number of rotatable bonds is 3. The number of hydrogen-bond acceptors (Lipinski definition) is 4. The van der Waals surface area contributed by atoms with Crippen LogP contribution in [0.15, 0.2) is 41.0 Å². The van der Waals surface area contributed by atoms with Crippen molar-refractivity contribution in [1.82, 2.24) is 10.3 Å². The molecule has 0 bridgehead atoms. The van der Waals surface area contributed by atoms with Gasteiger partial charge in [0.05, 0.1) is 0 Å². The maximum absolute atomic E-state index is 12.1. The second kappa shape index (κ2) is 5.50. The number of pyridine rings is 1. The van der Waals surface area contributed by atoms with Crippen molar-refractivity contribution in [3.8, 4) is 11.5 Å². The van der Waals surface area contributed by atoms with Crippen LogP contribution in [0.1, 0.15) is 16.1 Å². The predicted octanol–water partition coefficient (Wildman–Crippen LogP) is 2.50. The molecule has 0 aliphatic carbocycles. The third kappa shape index (κ3) is 2.46. The summed E-state index contributed by atoms with van der Waals surface area (Å²) >= 11 is 3.30. The Bertz CT molecular complexity index is 661. The maximum Gasteiger partial charge on any atom is 0.271 e. The minimum atomic E-state index is -0.242. The minimum Gasteiger partial charge on any atom is -0.454 e. The predicted molar refractivity (Wildman–Crippen MR) is 75.7 cm³/mol. The molecule has 5 nitrogen and oxygen atoms in total. The quantitative estimate of drug-likeness (QED) is 0.936. The molecular formula is C14H11BrN2O3. The van der Waals surface area contributed by atoms with E-state index in [1.807, 2.05) is 18.2 Å². The fourth-order valence-electron chi connectivity index (χ4n) is 1.94. The molecule has 0 saturated carbocycles. The van der Waals surface area contributed by atoms with E-state index >= 15 is 0 Å². The van der Waals surface area contributed by atoms with Crippen LogP contribution < -0.4 is 14.8 Å². The van der Waals surface area contributed by atoms with Gasteiger partial charge in [-0.05, 0) is 34.1 Å². The fraction of sp³-hybridized carbons (Fsp3) is 0.143. The number of nitrogens with zero attached hydrogens (tertiary/aromatic N) is 1. The van der Waals surface area contributed by atoms with Gasteiger partial charge in [-0.2, -0.15) is 0 Å². The Kier molecular flexibility index (Phi) is 3.56. The van der Waals surface area contributed by atoms with Crippen molar-refractivity contribution in [3.63, 3.8) is 0 Å². The second-order valence-electron chi connectivity index (χ2n) is 4.17. The van der Waals surface area contributed by atoms with Crippen molar-refractivity contribution in [2.24, 2.45) is 0 Å². The minimum absolute atomic E-state index is 0.214. The third-order valence-corrected chi connectivity index (χ3v) is 3.53. The van der Waals surface area contributed by atoms with Gasteiger partial charge in [0.15, 0.2) is 11.5 Å². The van der Waals surface area contributed by atoms with Crippen LogP contribution in [0, 0.1) is 0 Å². The van der Waals surface area contributed by atoms with Gasteiger partial charge >= 0.3 is 0 Å². The number of hydrogen-bond donors (Lipinski definition) is 1. The van der Waals surface area contributed by atoms with Gasteiger partial charge in [-0.15, -0.1) is 0 Å². The molecule has 1 amide bonds. The first-order valence-electron chi connectivity index (χ1n) is 6.02. The summed E-state index contributed by atoms with van der Waals surface area (Å²) in [6.07, 6.45) is 1.58. The molecule has 1 aliphatic heterocycles. The lowest BCUT2D eigenvalue weighted by molar-refractivity contribution is 0.0945. The van der Waals surface area contributed by atoms with Crippen LogP contribution in [0.2, 0.25) is 0 Å². The van der Waals surface area contributed by atoms with Crippen molar-refractivity contribution < 1.29 is 14.3 Å². The highest BCUT2D eigenvalue weighted by Crippen LogP contribution is 2.35. The van der Waals surface area contributed by atoms with Crippen LogP contribution in [0.5, 0.6) is 11.5 Å². The summed E-state index contributed by atoms with van der Waals surface area (Å²) in [5.74, 6) is 1.15. The molecule has 1 aliphatic rings. The molecule has 0 fully saturated rings. The summed E-state index contributed by atoms with van der Waals surface area (Å²) < 4.78 is 11.4. The van der Waals surface area contributed by atoms with Crippen LogP contribution in [0.25, 0.3) is 0 Å². The molecule has 1 aromatic carbocycles. The average molecular weight is 335 g/mol. The highest BCUT2D eigenvalue weighted by molar-refractivity contribution is 9.10. The number of halogens is 1. The molecule has 20 heavy (non-hydrogen) atoms. The van der Waals surface area contributed by atoms with Crippen LogP contribution in [0.3, 0.4) is 0 Å². The van der Waals surface area contributed by atoms with Crippen molar-refractivity contribution in [1.29, 1.82) is 0 Å². The maximum atomic E-state index is 12.1. The lowest BCUT2D eigenvalue weighted by Gasteiger charge is -2.08. The van der Waals surface area contributed by atoms with Crippen LogP contribution in [0.4, 0.5) is 0 Å². The van der Waals surface area contributed by atoms with E-state index in [4.69, 9.17) is 9.47 Å². The Morgan fingerprint density at radius 3 is 3.05 bits per heavy atom. The van der Waals surface area contributed by atoms with E-state index in [1.54, 1.807) is 18.3 Å². The number of amides is 1. The van der Waals surface area contributed by atoms with E-state index in [1.165, 1.54) is 0 Å². The molecule has 1 aromatic heterocycles. The first-order valence-corrected chi connectivity index (χ1v) is 6.81. The molecule has 2 aromatic rings. The van der Waals surface area contributed by atoms with E-state index in [2.05, 4.69) is 26.2 Å². The molecule has 0 unspecified atom stereocenters. The number of carbonyl (C=O) groups excluding carboxylic acids is 1. The number of ether oxygens (including phenoxy) is 2. The Labute approximate surface area is 124 Å². The van der Waals surface area contributed by atoms with Crippen molar-refractivity contribution in [2.45, 2.75) is 6.54 Å². The first kappa shape index (κ1) is 12.9. The lowest BCUT2D eigenvalue weighted by Crippen LogP contribution is -2.24. The summed E-state index contributed by atoms with van der Waals surface area (Å²) in [5, 5.41) is 2.82. The van der Waals surface area contributed by atoms with Crippen LogP contribution >= 0.6 is 15.9 Å². The number of aromatic nitrogens is 1. The third-order valence-electron chi connectivity index (χ3n) is 2.89. The summed E-state index contributed by atoms with van der Waals surface area (Å²) in [7, 11) is 0. The molecule has 6 heteroatoms. The van der Waals surface area contributed by atoms with E-state index < -0.39 is 0 Å². The van der Waals surface area contributed by atoms with Crippen LogP contribution in [-0.4, -0.2) is 17.7 Å². The second-order valence-corrected chi connectivity index (χ2v) is 5.02. The lowest BCUT2D eigenvalue weighted by atomic mass is 10.2. The van der Waals surface area contributed by atoms with Crippen LogP contribution in [-0.2, 0) is 6.54 Å². The van der Waals surface area contributed by atoms with Gasteiger partial charge < -0.3 is 14.8 Å². The van der Waals surface area contributed by atoms with Gasteiger partial charge in [-0.25, -0.2) is 4.98 Å². The fourth-order valence-corrected chi connectivity index (χ4v) is 2.38. The summed E-state index contributed by atoms with van der Waals surface area (Å²) in [6.45, 7) is 0.570. The zero-order valence-corrected chi connectivity index (χ0v) is 12.0. The van der Waals surface area contributed by atoms with Gasteiger partial charge in [-0.1, -0.05) is 12.1 Å². The smallest absolute Gasteiger partial charge is 0.271 e. The van der Waals surface area contributed by atoms with Gasteiger partial charge in [0.25, 0.3) is 5.91 Å². The first-order chi connectivity index (χ1) is 9.75. The van der Waals surface area contributed by atoms with Crippen molar-refractivity contribution >= 4 is 21.8 Å². The molecule has 102 valence electrons. The Balaban J connectivity index is 1.73. The number of nitrogens with one attached hydrogen (secondary N) is 1. The molecule has 3 rings (SSSR count). The molecule has 0 radical (unpaired) electrons. The van der Waals surface area contributed by atoms with Crippen molar-refractivity contribution in [2.75, 3.05) is 6.79 Å². The SMILES string of the molecule is O=C(NCc1cccc2c1OCO2)c1ncccc1Br. The average Bonchev–Trinajstić information content (AvgIpc) is 2.94. The van der Waals surface area contributed by atoms with E-state index in [0.717, 1.165) is 5.56 Å². The Morgan fingerprint density at radius 1 is 1.30 bits per heavy atom. The Morgan fingerprint density at radius 2 is 2.20 bits per heavy atom. The number of para-hydroxylation sites is 1. The van der Waals surface area contributed by atoms with Gasteiger partial charge in [0, 0.05) is 22.8 Å². The summed E-state index contributed by atoms with van der Waals surface area (Å²) in [6, 6.07) is 9.13. The van der Waals surface area contributed by atoms with E-state index in [9.17, 15) is 4.79 Å². The highest BCUT2D eigenvalue weighted by Gasteiger charge is 2.18.